The highest BCUT2D eigenvalue weighted by atomic mass is 16.6. The first-order valence-corrected chi connectivity index (χ1v) is 11.8. The van der Waals surface area contributed by atoms with Crippen LogP contribution in [0.3, 0.4) is 0 Å². The van der Waals surface area contributed by atoms with Crippen molar-refractivity contribution in [1.29, 1.82) is 0 Å². The molecule has 2 amide bonds. The lowest BCUT2D eigenvalue weighted by atomic mass is 10.0. The largest absolute Gasteiger partial charge is 0.419 e. The Morgan fingerprint density at radius 3 is 2.63 bits per heavy atom. The second kappa shape index (κ2) is 8.23. The molecule has 8 heteroatoms. The Hall–Kier alpha value is -4.20. The van der Waals surface area contributed by atoms with E-state index in [2.05, 4.69) is 10.1 Å². The lowest BCUT2D eigenvalue weighted by Gasteiger charge is -2.40. The topological polar surface area (TPSA) is 80.6 Å². The van der Waals surface area contributed by atoms with E-state index in [0.29, 0.717) is 29.7 Å². The van der Waals surface area contributed by atoms with Crippen LogP contribution in [0.1, 0.15) is 32.7 Å². The normalized spacial score (nSPS) is 17.4. The number of ether oxygens (including phenoxy) is 1. The number of carbonyl (C=O) groups is 2. The van der Waals surface area contributed by atoms with E-state index >= 15 is 0 Å². The van der Waals surface area contributed by atoms with Crippen LogP contribution < -0.4 is 14.5 Å². The first kappa shape index (κ1) is 21.3. The minimum Gasteiger partial charge on any atom is -0.408 e. The van der Waals surface area contributed by atoms with Crippen LogP contribution in [-0.2, 0) is 4.79 Å². The number of amides is 2. The molecule has 2 aromatic carbocycles. The highest BCUT2D eigenvalue weighted by Gasteiger charge is 2.35. The van der Waals surface area contributed by atoms with Gasteiger partial charge in [-0.05, 0) is 49.6 Å². The van der Waals surface area contributed by atoms with Gasteiger partial charge in [0.2, 0.25) is 5.91 Å². The number of hydrogen-bond acceptors (Lipinski definition) is 5. The van der Waals surface area contributed by atoms with E-state index in [1.54, 1.807) is 29.0 Å². The Balaban J connectivity index is 1.36. The number of rotatable bonds is 3. The van der Waals surface area contributed by atoms with Crippen molar-refractivity contribution in [2.24, 2.45) is 0 Å². The summed E-state index contributed by atoms with van der Waals surface area (Å²) >= 11 is 0. The zero-order valence-electron chi connectivity index (χ0n) is 19.6. The highest BCUT2D eigenvalue weighted by molar-refractivity contribution is 6.03. The second-order valence-electron chi connectivity index (χ2n) is 9.22. The third kappa shape index (κ3) is 3.90. The van der Waals surface area contributed by atoms with Gasteiger partial charge in [-0.15, -0.1) is 0 Å². The van der Waals surface area contributed by atoms with Gasteiger partial charge in [-0.3, -0.25) is 19.4 Å². The Labute approximate surface area is 202 Å². The number of aromatic nitrogens is 3. The molecule has 0 saturated heterocycles. The van der Waals surface area contributed by atoms with Crippen molar-refractivity contribution >= 4 is 34.3 Å². The molecule has 1 fully saturated rings. The molecule has 1 aliphatic carbocycles. The van der Waals surface area contributed by atoms with Gasteiger partial charge >= 0.3 is 6.09 Å². The number of nitrogens with zero attached hydrogens (tertiary/aromatic N) is 5. The molecular formula is C27H25N5O3. The van der Waals surface area contributed by atoms with E-state index < -0.39 is 6.09 Å². The second-order valence-corrected chi connectivity index (χ2v) is 9.22. The molecule has 176 valence electrons. The smallest absolute Gasteiger partial charge is 0.408 e. The summed E-state index contributed by atoms with van der Waals surface area (Å²) in [4.78, 5) is 33.6. The predicted molar refractivity (Wildman–Crippen MR) is 134 cm³/mol. The first-order chi connectivity index (χ1) is 17.0. The molecule has 4 aromatic rings. The Kier molecular flexibility index (Phi) is 5.02. The van der Waals surface area contributed by atoms with E-state index in [9.17, 15) is 9.59 Å². The zero-order chi connectivity index (χ0) is 24.1. The van der Waals surface area contributed by atoms with Crippen LogP contribution in [0.5, 0.6) is 5.75 Å². The maximum absolute atomic E-state index is 13.4. The fourth-order valence-corrected chi connectivity index (χ4v) is 4.75. The molecule has 1 saturated carbocycles. The van der Waals surface area contributed by atoms with Crippen molar-refractivity contribution < 1.29 is 14.3 Å². The number of benzene rings is 2. The Bertz CT molecular complexity index is 1460. The number of hydrogen-bond donors (Lipinski definition) is 0. The summed E-state index contributed by atoms with van der Waals surface area (Å²) in [6.45, 7) is 3.79. The van der Waals surface area contributed by atoms with E-state index in [0.717, 1.165) is 34.9 Å². The third-order valence-electron chi connectivity index (χ3n) is 6.60. The maximum Gasteiger partial charge on any atom is 0.419 e. The zero-order valence-corrected chi connectivity index (χ0v) is 19.6. The summed E-state index contributed by atoms with van der Waals surface area (Å²) in [5.41, 5.74) is 4.05. The van der Waals surface area contributed by atoms with Crippen LogP contribution in [0.25, 0.3) is 22.0 Å². The van der Waals surface area contributed by atoms with E-state index in [1.807, 2.05) is 66.5 Å². The van der Waals surface area contributed by atoms with Crippen LogP contribution in [-0.4, -0.2) is 39.4 Å². The molecule has 8 nitrogen and oxygen atoms in total. The molecule has 1 aliphatic heterocycles. The van der Waals surface area contributed by atoms with Crippen LogP contribution in [0.15, 0.2) is 67.1 Å². The first-order valence-electron chi connectivity index (χ1n) is 11.8. The van der Waals surface area contributed by atoms with Gasteiger partial charge in [0.25, 0.3) is 0 Å². The van der Waals surface area contributed by atoms with Crippen LogP contribution in [0, 0.1) is 0 Å². The molecule has 6 rings (SSSR count). The molecular weight excluding hydrogens is 442 g/mol. The summed E-state index contributed by atoms with van der Waals surface area (Å²) < 4.78 is 7.75. The van der Waals surface area contributed by atoms with Crippen LogP contribution in [0.2, 0.25) is 0 Å². The minimum absolute atomic E-state index is 0.0696. The molecule has 0 N–H and O–H groups in total. The maximum atomic E-state index is 13.4. The Morgan fingerprint density at radius 1 is 1.00 bits per heavy atom. The summed E-state index contributed by atoms with van der Waals surface area (Å²) in [5, 5.41) is 5.39. The van der Waals surface area contributed by atoms with Gasteiger partial charge in [0.15, 0.2) is 5.75 Å². The summed E-state index contributed by atoms with van der Waals surface area (Å²) in [6, 6.07) is 15.6. The Morgan fingerprint density at radius 2 is 1.83 bits per heavy atom. The van der Waals surface area contributed by atoms with Crippen LogP contribution >= 0.6 is 0 Å². The van der Waals surface area contributed by atoms with Gasteiger partial charge < -0.3 is 9.64 Å². The SMILES string of the molecule is CC(=O)N1c2ccc(-c3cnn(C4CC4)c3)cc2N(C(=O)Oc2cnc3ccccc3c2)C[C@@H]1C. The van der Waals surface area contributed by atoms with Crippen molar-refractivity contribution in [3.05, 3.63) is 67.1 Å². The summed E-state index contributed by atoms with van der Waals surface area (Å²) in [5.74, 6) is 0.304. The van der Waals surface area contributed by atoms with Gasteiger partial charge in [-0.1, -0.05) is 24.3 Å². The van der Waals surface area contributed by atoms with E-state index in [4.69, 9.17) is 4.74 Å². The number of anilines is 2. The molecule has 1 atom stereocenters. The average molecular weight is 468 g/mol. The minimum atomic E-state index is -0.510. The molecule has 0 radical (unpaired) electrons. The number of carbonyl (C=O) groups excluding carboxylic acids is 2. The fourth-order valence-electron chi connectivity index (χ4n) is 4.75. The van der Waals surface area contributed by atoms with Gasteiger partial charge in [0.1, 0.15) is 0 Å². The lowest BCUT2D eigenvalue weighted by Crippen LogP contribution is -2.52. The molecule has 2 aliphatic rings. The molecule has 0 spiro atoms. The van der Waals surface area contributed by atoms with Gasteiger partial charge in [-0.2, -0.15) is 5.10 Å². The molecule has 2 aromatic heterocycles. The standard InChI is InChI=1S/C27H25N5O3/c1-17-15-30(27(34)35-23-11-20-5-3-4-6-24(20)28-14-23)26-12-19(7-10-25(26)32(17)18(2)33)21-13-29-31(16-21)22-8-9-22/h3-7,10-14,16-17,22H,8-9,15H2,1-2H3/t17-/m0/s1. The van der Waals surface area contributed by atoms with Crippen molar-refractivity contribution in [3.8, 4) is 16.9 Å². The van der Waals surface area contributed by atoms with Gasteiger partial charge in [-0.25, -0.2) is 4.79 Å². The van der Waals surface area contributed by atoms with Crippen molar-refractivity contribution in [2.75, 3.05) is 16.3 Å². The third-order valence-corrected chi connectivity index (χ3v) is 6.60. The lowest BCUT2D eigenvalue weighted by molar-refractivity contribution is -0.117. The fraction of sp³-hybridized carbons (Fsp3) is 0.259. The molecule has 0 bridgehead atoms. The molecule has 3 heterocycles. The van der Waals surface area contributed by atoms with Crippen LogP contribution in [0.4, 0.5) is 16.2 Å². The van der Waals surface area contributed by atoms with Crippen molar-refractivity contribution in [3.63, 3.8) is 0 Å². The van der Waals surface area contributed by atoms with Gasteiger partial charge in [0, 0.05) is 30.6 Å². The van der Waals surface area contributed by atoms with E-state index in [-0.39, 0.29) is 11.9 Å². The number of fused-ring (bicyclic) bond motifs is 2. The monoisotopic (exact) mass is 467 g/mol. The molecule has 35 heavy (non-hydrogen) atoms. The van der Waals surface area contributed by atoms with E-state index in [1.165, 1.54) is 0 Å². The summed E-state index contributed by atoms with van der Waals surface area (Å²) in [7, 11) is 0. The predicted octanol–water partition coefficient (Wildman–Crippen LogP) is 5.19. The highest BCUT2D eigenvalue weighted by Crippen LogP contribution is 2.40. The van der Waals surface area contributed by atoms with Crippen molar-refractivity contribution in [2.45, 2.75) is 38.8 Å². The quantitative estimate of drug-likeness (QED) is 0.414. The van der Waals surface area contributed by atoms with Gasteiger partial charge in [0.05, 0.1) is 41.4 Å². The van der Waals surface area contributed by atoms with Crippen molar-refractivity contribution in [1.82, 2.24) is 14.8 Å². The number of pyridine rings is 1. The molecule has 0 unspecified atom stereocenters. The summed E-state index contributed by atoms with van der Waals surface area (Å²) in [6.07, 6.45) is 7.23. The average Bonchev–Trinajstić information content (AvgIpc) is 3.59. The number of para-hydroxylation sites is 1.